The van der Waals surface area contributed by atoms with E-state index in [1.807, 2.05) is 26.0 Å². The topological polar surface area (TPSA) is 70.2 Å². The molecular weight excluding hydrogens is 498 g/mol. The number of hydrogen-bond donors (Lipinski definition) is 1. The minimum Gasteiger partial charge on any atom is -0.322 e. The number of nitrogens with one attached hydrogen (secondary N) is 1. The van der Waals surface area contributed by atoms with Crippen molar-refractivity contribution in [3.63, 3.8) is 0 Å². The summed E-state index contributed by atoms with van der Waals surface area (Å²) in [6.07, 6.45) is 0. The molecule has 0 aliphatic carbocycles. The number of halogens is 3. The Labute approximate surface area is 206 Å². The van der Waals surface area contributed by atoms with Crippen LogP contribution in [0.15, 0.2) is 70.4 Å². The Morgan fingerprint density at radius 2 is 1.56 bits per heavy atom. The molecule has 0 saturated carbocycles. The number of aromatic nitrogens is 1. The van der Waals surface area contributed by atoms with Crippen LogP contribution in [0.3, 0.4) is 0 Å². The summed E-state index contributed by atoms with van der Waals surface area (Å²) in [6.45, 7) is 3.60. The molecule has 0 aliphatic heterocycles. The predicted molar refractivity (Wildman–Crippen MR) is 133 cm³/mol. The smallest absolute Gasteiger partial charge is 0.252 e. The van der Waals surface area contributed by atoms with Crippen molar-refractivity contribution in [1.82, 2.24) is 9.29 Å². The highest BCUT2D eigenvalue weighted by Gasteiger charge is 2.27. The second-order valence-electron chi connectivity index (χ2n) is 8.09. The number of aromatic amines is 1. The van der Waals surface area contributed by atoms with Gasteiger partial charge in [0.05, 0.1) is 9.92 Å². The van der Waals surface area contributed by atoms with E-state index in [1.54, 1.807) is 30.3 Å². The molecule has 0 atom stereocenters. The van der Waals surface area contributed by atoms with Gasteiger partial charge in [-0.15, -0.1) is 0 Å². The standard InChI is InChI=1S/C25H21Cl2FN2O3S/c1-15-9-18-11-19(25(31)29-24(18)10-16(15)2)14-30(13-17-5-3-4-6-21(17)26)34(32,33)20-7-8-23(28)22(27)12-20/h3-12H,13-14H2,1-2H3,(H,29,31). The number of rotatable bonds is 6. The van der Waals surface area contributed by atoms with Crippen molar-refractivity contribution < 1.29 is 12.8 Å². The molecule has 176 valence electrons. The Kier molecular flexibility index (Phi) is 6.82. The number of fused-ring (bicyclic) bond motifs is 1. The van der Waals surface area contributed by atoms with Crippen LogP contribution >= 0.6 is 23.2 Å². The lowest BCUT2D eigenvalue weighted by molar-refractivity contribution is 0.400. The van der Waals surface area contributed by atoms with Gasteiger partial charge in [0.25, 0.3) is 5.56 Å². The summed E-state index contributed by atoms with van der Waals surface area (Å²) in [5, 5.41) is 0.865. The molecule has 5 nitrogen and oxygen atoms in total. The molecule has 0 radical (unpaired) electrons. The van der Waals surface area contributed by atoms with Crippen LogP contribution < -0.4 is 5.56 Å². The summed E-state index contributed by atoms with van der Waals surface area (Å²) in [5.41, 5.74) is 3.18. The minimum atomic E-state index is -4.17. The van der Waals surface area contributed by atoms with Gasteiger partial charge in [-0.25, -0.2) is 12.8 Å². The first kappa shape index (κ1) is 24.4. The monoisotopic (exact) mass is 518 g/mol. The lowest BCUT2D eigenvalue weighted by Crippen LogP contribution is -2.32. The third-order valence-electron chi connectivity index (χ3n) is 5.72. The number of sulfonamides is 1. The molecule has 0 spiro atoms. The Bertz CT molecular complexity index is 1570. The zero-order chi connectivity index (χ0) is 24.6. The average Bonchev–Trinajstić information content (AvgIpc) is 2.78. The van der Waals surface area contributed by atoms with E-state index in [0.717, 1.165) is 39.0 Å². The van der Waals surface area contributed by atoms with Gasteiger partial charge in [0.1, 0.15) is 5.82 Å². The highest BCUT2D eigenvalue weighted by atomic mass is 35.5. The Balaban J connectivity index is 1.82. The lowest BCUT2D eigenvalue weighted by atomic mass is 10.0. The van der Waals surface area contributed by atoms with Crippen molar-refractivity contribution >= 4 is 44.1 Å². The van der Waals surface area contributed by atoms with Crippen molar-refractivity contribution in [1.29, 1.82) is 0 Å². The largest absolute Gasteiger partial charge is 0.322 e. The average molecular weight is 519 g/mol. The minimum absolute atomic E-state index is 0.0958. The van der Waals surface area contributed by atoms with Crippen LogP contribution in [-0.2, 0) is 23.1 Å². The third-order valence-corrected chi connectivity index (χ3v) is 8.16. The van der Waals surface area contributed by atoms with Crippen molar-refractivity contribution in [2.45, 2.75) is 31.8 Å². The van der Waals surface area contributed by atoms with E-state index in [9.17, 15) is 17.6 Å². The fraction of sp³-hybridized carbons (Fsp3) is 0.160. The first-order chi connectivity index (χ1) is 16.1. The van der Waals surface area contributed by atoms with Gasteiger partial charge in [-0.3, -0.25) is 4.79 Å². The number of benzene rings is 3. The molecule has 34 heavy (non-hydrogen) atoms. The molecule has 3 aromatic carbocycles. The summed E-state index contributed by atoms with van der Waals surface area (Å²) < 4.78 is 42.0. The van der Waals surface area contributed by atoms with Crippen LogP contribution in [0.5, 0.6) is 0 Å². The summed E-state index contributed by atoms with van der Waals surface area (Å²) in [5.74, 6) is -0.727. The molecule has 0 aliphatic rings. The fourth-order valence-corrected chi connectivity index (χ4v) is 5.52. The molecule has 0 saturated heterocycles. The maximum atomic E-state index is 13.7. The SMILES string of the molecule is Cc1cc2cc(CN(Cc3ccccc3Cl)S(=O)(=O)c3ccc(F)c(Cl)c3)c(=O)[nH]c2cc1C. The van der Waals surface area contributed by atoms with E-state index in [4.69, 9.17) is 23.2 Å². The molecule has 1 N–H and O–H groups in total. The van der Waals surface area contributed by atoms with Gasteiger partial charge in [0.2, 0.25) is 10.0 Å². The normalized spacial score (nSPS) is 11.9. The van der Waals surface area contributed by atoms with Crippen molar-refractivity contribution in [3.05, 3.63) is 109 Å². The first-order valence-electron chi connectivity index (χ1n) is 10.4. The second kappa shape index (κ2) is 9.50. The van der Waals surface area contributed by atoms with E-state index in [1.165, 1.54) is 0 Å². The molecule has 4 rings (SSSR count). The van der Waals surface area contributed by atoms with Crippen molar-refractivity contribution in [3.8, 4) is 0 Å². The van der Waals surface area contributed by atoms with Crippen LogP contribution in [-0.4, -0.2) is 17.7 Å². The van der Waals surface area contributed by atoms with Gasteiger partial charge in [0, 0.05) is 29.2 Å². The van der Waals surface area contributed by atoms with Crippen LogP contribution in [0.25, 0.3) is 10.9 Å². The number of H-pyrrole nitrogens is 1. The molecule has 0 amide bonds. The molecule has 4 aromatic rings. The van der Waals surface area contributed by atoms with E-state index < -0.39 is 21.4 Å². The van der Waals surface area contributed by atoms with Crippen molar-refractivity contribution in [2.75, 3.05) is 0 Å². The van der Waals surface area contributed by atoms with Crippen LogP contribution in [0.4, 0.5) is 4.39 Å². The highest BCUT2D eigenvalue weighted by molar-refractivity contribution is 7.89. The maximum Gasteiger partial charge on any atom is 0.252 e. The Hall–Kier alpha value is -2.71. The van der Waals surface area contributed by atoms with Crippen molar-refractivity contribution in [2.24, 2.45) is 0 Å². The number of aryl methyl sites for hydroxylation is 2. The van der Waals surface area contributed by atoms with E-state index in [2.05, 4.69) is 4.98 Å². The Morgan fingerprint density at radius 1 is 0.882 bits per heavy atom. The second-order valence-corrected chi connectivity index (χ2v) is 10.8. The molecule has 0 fully saturated rings. The van der Waals surface area contributed by atoms with E-state index in [0.29, 0.717) is 16.1 Å². The number of hydrogen-bond acceptors (Lipinski definition) is 3. The Morgan fingerprint density at radius 3 is 2.26 bits per heavy atom. The molecule has 1 aromatic heterocycles. The molecular formula is C25H21Cl2FN2O3S. The van der Waals surface area contributed by atoms with Gasteiger partial charge in [-0.05, 0) is 78.4 Å². The molecule has 0 unspecified atom stereocenters. The maximum absolute atomic E-state index is 13.7. The summed E-state index contributed by atoms with van der Waals surface area (Å²) in [7, 11) is -4.17. The summed E-state index contributed by atoms with van der Waals surface area (Å²) in [4.78, 5) is 15.5. The van der Waals surface area contributed by atoms with Gasteiger partial charge in [0.15, 0.2) is 0 Å². The lowest BCUT2D eigenvalue weighted by Gasteiger charge is -2.23. The van der Waals surface area contributed by atoms with Gasteiger partial charge in [-0.2, -0.15) is 4.31 Å². The zero-order valence-electron chi connectivity index (χ0n) is 18.4. The van der Waals surface area contributed by atoms with Crippen LogP contribution in [0.1, 0.15) is 22.3 Å². The number of pyridine rings is 1. The van der Waals surface area contributed by atoms with E-state index in [-0.39, 0.29) is 28.6 Å². The van der Waals surface area contributed by atoms with Gasteiger partial charge < -0.3 is 4.98 Å². The fourth-order valence-electron chi connectivity index (χ4n) is 3.66. The van der Waals surface area contributed by atoms with Crippen LogP contribution in [0.2, 0.25) is 10.0 Å². The van der Waals surface area contributed by atoms with Gasteiger partial charge in [-0.1, -0.05) is 41.4 Å². The predicted octanol–water partition coefficient (Wildman–Crippen LogP) is 5.98. The van der Waals surface area contributed by atoms with Crippen LogP contribution in [0, 0.1) is 19.7 Å². The third kappa shape index (κ3) is 4.88. The molecule has 0 bridgehead atoms. The first-order valence-corrected chi connectivity index (χ1v) is 12.6. The quantitative estimate of drug-likeness (QED) is 0.341. The highest BCUT2D eigenvalue weighted by Crippen LogP contribution is 2.27. The summed E-state index contributed by atoms with van der Waals surface area (Å²) >= 11 is 12.1. The number of nitrogens with zero attached hydrogens (tertiary/aromatic N) is 1. The molecule has 1 heterocycles. The molecule has 9 heteroatoms. The summed E-state index contributed by atoms with van der Waals surface area (Å²) in [6, 6.07) is 15.6. The van der Waals surface area contributed by atoms with E-state index >= 15 is 0 Å². The zero-order valence-corrected chi connectivity index (χ0v) is 20.7. The van der Waals surface area contributed by atoms with Gasteiger partial charge >= 0.3 is 0 Å².